The molecule has 3 N–H and O–H groups in total. The van der Waals surface area contributed by atoms with Crippen LogP contribution in [-0.2, 0) is 30.0 Å². The molecule has 2 saturated carbocycles. The summed E-state index contributed by atoms with van der Waals surface area (Å²) in [5.41, 5.74) is -6.60. The molecule has 5 saturated heterocycles. The maximum atomic E-state index is 14.6. The molecule has 21 heteroatoms. The number of hydrogen-bond acceptors (Lipinski definition) is 9. The van der Waals surface area contributed by atoms with Gasteiger partial charge in [-0.3, -0.25) is 24.0 Å². The average Bonchev–Trinajstić information content (AvgIpc) is 3.98. The number of piperidine rings is 1. The molecule has 15 nitrogen and oxygen atoms in total. The predicted molar refractivity (Wildman–Crippen MR) is 206 cm³/mol. The highest BCUT2D eigenvalue weighted by Crippen LogP contribution is 2.60. The number of amides is 4. The van der Waals surface area contributed by atoms with Crippen molar-refractivity contribution in [2.24, 2.45) is 22.2 Å². The summed E-state index contributed by atoms with van der Waals surface area (Å²) < 4.78 is 95.9. The third kappa shape index (κ3) is 8.42. The first-order chi connectivity index (χ1) is 29.6. The highest BCUT2D eigenvalue weighted by Gasteiger charge is 2.72. The van der Waals surface area contributed by atoms with Crippen molar-refractivity contribution in [3.05, 3.63) is 63.3 Å². The van der Waals surface area contributed by atoms with Crippen LogP contribution in [0.2, 0.25) is 0 Å². The molecule has 1 aromatic carbocycles. The van der Waals surface area contributed by atoms with Crippen molar-refractivity contribution in [2.45, 2.75) is 94.8 Å². The number of hydrogen-bond donors (Lipinski definition) is 3. The molecule has 4 amide bonds. The van der Waals surface area contributed by atoms with E-state index in [1.807, 2.05) is 0 Å². The monoisotopic (exact) mass is 894 g/mol. The molecular formula is C42H48F6N6O9. The van der Waals surface area contributed by atoms with Gasteiger partial charge in [0.15, 0.2) is 0 Å². The van der Waals surface area contributed by atoms with Gasteiger partial charge in [-0.1, -0.05) is 6.07 Å². The predicted octanol–water partition coefficient (Wildman–Crippen LogP) is 3.99. The summed E-state index contributed by atoms with van der Waals surface area (Å²) in [5, 5.41) is 12.2. The minimum absolute atomic E-state index is 0.0730. The average molecular weight is 895 g/mol. The number of carboxylic acid groups (broad SMARTS) is 1. The summed E-state index contributed by atoms with van der Waals surface area (Å²) in [4.78, 5) is 89.4. The zero-order valence-corrected chi connectivity index (χ0v) is 34.4. The molecule has 63 heavy (non-hydrogen) atoms. The smallest absolute Gasteiger partial charge is 0.417 e. The Hall–Kier alpha value is -5.05. The molecule has 9 rings (SSSR count). The minimum Gasteiger partial charge on any atom is -0.478 e. The third-order valence-corrected chi connectivity index (χ3v) is 14.3. The van der Waals surface area contributed by atoms with E-state index in [0.717, 1.165) is 55.1 Å². The maximum Gasteiger partial charge on any atom is 0.417 e. The van der Waals surface area contributed by atoms with Crippen LogP contribution >= 0.6 is 0 Å². The van der Waals surface area contributed by atoms with E-state index in [4.69, 9.17) is 9.47 Å². The highest BCUT2D eigenvalue weighted by atomic mass is 19.4. The summed E-state index contributed by atoms with van der Waals surface area (Å²) in [6, 6.07) is 1.76. The summed E-state index contributed by atoms with van der Waals surface area (Å²) >= 11 is 0. The van der Waals surface area contributed by atoms with E-state index in [0.29, 0.717) is 6.61 Å². The Morgan fingerprint density at radius 1 is 0.968 bits per heavy atom. The van der Waals surface area contributed by atoms with Crippen molar-refractivity contribution >= 4 is 29.6 Å². The van der Waals surface area contributed by atoms with Gasteiger partial charge in [-0.15, -0.1) is 0 Å². The van der Waals surface area contributed by atoms with Gasteiger partial charge < -0.3 is 39.6 Å². The number of carbonyl (C=O) groups excluding carboxylic acids is 4. The standard InChI is InChI=1S/C42H48F6N6O9/c1-23(62-21-38-8-4-26(5-9-38)63-22-38)32(35(58)52-12-6-24(7-13-52)25-2-3-27(36(59)60)28(14-25)41(43,44)45)51-33(56)29-17-53(34(57)30-15-50-31(55)16-49-30)18-39(29)19-54(20-39)37(61)40(10-11-40)42(46,47)48/h2-3,14-16,23-24,26,29,32H,4-13,17-22H2,1H3,(H,50,55)(H,51,56)(H,59,60)/t23-,26?,29-,32?,38?/m1/s1. The second kappa shape index (κ2) is 16.2. The molecule has 7 fully saturated rings. The summed E-state index contributed by atoms with van der Waals surface area (Å²) in [6.07, 6.45) is -5.32. The van der Waals surface area contributed by atoms with Gasteiger partial charge in [0.1, 0.15) is 17.2 Å². The van der Waals surface area contributed by atoms with Gasteiger partial charge in [0.2, 0.25) is 17.7 Å². The Bertz CT molecular complexity index is 2170. The SMILES string of the molecule is C[C@@H](OCC12CCC(CC1)OC2)C(NC(=O)[C@H]1CN(C(=O)c2c[nH]c(=O)cn2)CC12CN(C(=O)C1(C(F)(F)F)CC1)C2)C(=O)N1CCC(c2ccc(C(=O)O)c(C(F)(F)F)c2)CC1. The van der Waals surface area contributed by atoms with Crippen molar-refractivity contribution < 1.29 is 64.9 Å². The number of H-pyrrole nitrogens is 1. The lowest BCUT2D eigenvalue weighted by molar-refractivity contribution is -0.205. The fourth-order valence-corrected chi connectivity index (χ4v) is 10.2. The Morgan fingerprint density at radius 2 is 1.63 bits per heavy atom. The van der Waals surface area contributed by atoms with E-state index in [1.54, 1.807) is 6.92 Å². The number of rotatable bonds is 11. The number of aromatic carboxylic acids is 1. The van der Waals surface area contributed by atoms with Gasteiger partial charge in [0.05, 0.1) is 48.7 Å². The lowest BCUT2D eigenvalue weighted by Gasteiger charge is -2.51. The number of nitrogens with zero attached hydrogens (tertiary/aromatic N) is 4. The van der Waals surface area contributed by atoms with Gasteiger partial charge in [-0.05, 0) is 81.9 Å². The van der Waals surface area contributed by atoms with Gasteiger partial charge in [-0.25, -0.2) is 9.78 Å². The van der Waals surface area contributed by atoms with Crippen LogP contribution in [0.3, 0.4) is 0 Å². The normalized spacial score (nSPS) is 26.2. The van der Waals surface area contributed by atoms with E-state index in [9.17, 15) is 60.2 Å². The van der Waals surface area contributed by atoms with Crippen molar-refractivity contribution in [1.82, 2.24) is 30.0 Å². The Kier molecular flexibility index (Phi) is 11.4. The van der Waals surface area contributed by atoms with Crippen LogP contribution in [0.5, 0.6) is 0 Å². The molecule has 3 atom stereocenters. The van der Waals surface area contributed by atoms with E-state index in [1.165, 1.54) is 15.9 Å². The molecule has 1 unspecified atom stereocenters. The molecular weight excluding hydrogens is 846 g/mol. The highest BCUT2D eigenvalue weighted by molar-refractivity contribution is 5.95. The summed E-state index contributed by atoms with van der Waals surface area (Å²) in [6.45, 7) is 1.54. The number of fused-ring (bicyclic) bond motifs is 3. The lowest BCUT2D eigenvalue weighted by atomic mass is 9.70. The number of alkyl halides is 6. The molecule has 1 aromatic heterocycles. The van der Waals surface area contributed by atoms with Gasteiger partial charge in [0, 0.05) is 56.3 Å². The lowest BCUT2D eigenvalue weighted by Crippen LogP contribution is -2.67. The van der Waals surface area contributed by atoms with E-state index in [2.05, 4.69) is 15.3 Å². The number of likely N-dealkylation sites (tertiary alicyclic amines) is 3. The van der Waals surface area contributed by atoms with Crippen molar-refractivity contribution in [3.8, 4) is 0 Å². The molecule has 342 valence electrons. The molecule has 2 bridgehead atoms. The molecule has 0 radical (unpaired) electrons. The second-order valence-corrected chi connectivity index (χ2v) is 18.4. The number of aromatic amines is 1. The number of carboxylic acids is 1. The third-order valence-electron chi connectivity index (χ3n) is 14.3. The van der Waals surface area contributed by atoms with Gasteiger partial charge in [-0.2, -0.15) is 26.3 Å². The first-order valence-electron chi connectivity index (χ1n) is 21.1. The van der Waals surface area contributed by atoms with Crippen LogP contribution in [0.25, 0.3) is 0 Å². The molecule has 2 aliphatic carbocycles. The van der Waals surface area contributed by atoms with Crippen molar-refractivity contribution in [3.63, 3.8) is 0 Å². The van der Waals surface area contributed by atoms with E-state index < -0.39 is 93.4 Å². The maximum absolute atomic E-state index is 14.6. The van der Waals surface area contributed by atoms with Crippen molar-refractivity contribution in [2.75, 3.05) is 52.5 Å². The number of halogens is 6. The topological polar surface area (TPSA) is 192 Å². The molecule has 2 aromatic rings. The number of carbonyl (C=O) groups is 5. The Morgan fingerprint density at radius 3 is 2.19 bits per heavy atom. The zero-order valence-electron chi connectivity index (χ0n) is 34.4. The van der Waals surface area contributed by atoms with Crippen LogP contribution in [0, 0.1) is 22.2 Å². The summed E-state index contributed by atoms with van der Waals surface area (Å²) in [5.74, 6) is -6.29. The van der Waals surface area contributed by atoms with Crippen LogP contribution in [0.1, 0.15) is 96.2 Å². The molecule has 7 aliphatic rings. The Labute approximate surface area is 356 Å². The van der Waals surface area contributed by atoms with Crippen LogP contribution < -0.4 is 10.9 Å². The van der Waals surface area contributed by atoms with Crippen molar-refractivity contribution in [1.29, 1.82) is 0 Å². The van der Waals surface area contributed by atoms with E-state index in [-0.39, 0.29) is 94.3 Å². The number of ether oxygens (including phenoxy) is 2. The number of aromatic nitrogens is 2. The molecule has 5 aliphatic heterocycles. The van der Waals surface area contributed by atoms with E-state index >= 15 is 0 Å². The largest absolute Gasteiger partial charge is 0.478 e. The minimum atomic E-state index is -4.92. The van der Waals surface area contributed by atoms with Gasteiger partial charge >= 0.3 is 18.3 Å². The quantitative estimate of drug-likeness (QED) is 0.278. The first kappa shape index (κ1) is 44.6. The molecule has 1 spiro atoms. The number of benzene rings is 1. The van der Waals surface area contributed by atoms with Crippen LogP contribution in [0.4, 0.5) is 26.3 Å². The zero-order chi connectivity index (χ0) is 45.3. The van der Waals surface area contributed by atoms with Crippen LogP contribution in [-0.4, -0.2) is 136 Å². The second-order valence-electron chi connectivity index (χ2n) is 18.4. The fraction of sp³-hybridized carbons (Fsp3) is 0.643. The van der Waals surface area contributed by atoms with Gasteiger partial charge in [0.25, 0.3) is 11.5 Å². The first-order valence-corrected chi connectivity index (χ1v) is 21.1. The summed E-state index contributed by atoms with van der Waals surface area (Å²) in [7, 11) is 0. The Balaban J connectivity index is 1.02. The van der Waals surface area contributed by atoms with Crippen LogP contribution in [0.15, 0.2) is 35.4 Å². The number of nitrogens with one attached hydrogen (secondary N) is 2. The molecule has 6 heterocycles. The fourth-order valence-electron chi connectivity index (χ4n) is 10.2.